The van der Waals surface area contributed by atoms with Gasteiger partial charge in [0.05, 0.1) is 0 Å². The second-order valence-electron chi connectivity index (χ2n) is 1.86. The van der Waals surface area contributed by atoms with Crippen LogP contribution >= 0.6 is 11.3 Å². The van der Waals surface area contributed by atoms with Crippen molar-refractivity contribution in [3.05, 3.63) is 28.0 Å². The molecule has 0 aromatic carbocycles. The molecule has 0 atom stereocenters. The molecule has 0 saturated carbocycles. The Hall–Kier alpha value is -0.890. The Labute approximate surface area is 64.0 Å². The molecule has 1 heterocycles. The summed E-state index contributed by atoms with van der Waals surface area (Å²) in [5, 5.41) is 1.92. The van der Waals surface area contributed by atoms with Crippen LogP contribution in [0.3, 0.4) is 0 Å². The normalized spacial score (nSPS) is 10.5. The third-order valence-electron chi connectivity index (χ3n) is 1.17. The molecule has 2 heteroatoms. The van der Waals surface area contributed by atoms with E-state index in [1.54, 1.807) is 11.3 Å². The second-order valence-corrected chi connectivity index (χ2v) is 2.81. The van der Waals surface area contributed by atoms with E-state index >= 15 is 0 Å². The van der Waals surface area contributed by atoms with Crippen molar-refractivity contribution < 1.29 is 4.79 Å². The van der Waals surface area contributed by atoms with Gasteiger partial charge in [0.2, 0.25) is 0 Å². The van der Waals surface area contributed by atoms with Gasteiger partial charge in [-0.25, -0.2) is 0 Å². The standard InChI is InChI=1S/C8H8OS/c1-2-3-8-7(6-9)4-5-10-8/h2-6H,1H3. The van der Waals surface area contributed by atoms with Crippen molar-refractivity contribution in [3.63, 3.8) is 0 Å². The Bertz CT molecular complexity index is 248. The maximum absolute atomic E-state index is 10.3. The molecule has 0 aliphatic carbocycles. The zero-order chi connectivity index (χ0) is 7.40. The molecule has 0 N–H and O–H groups in total. The summed E-state index contributed by atoms with van der Waals surface area (Å²) in [7, 11) is 0. The van der Waals surface area contributed by atoms with Crippen LogP contribution in [0.15, 0.2) is 17.5 Å². The minimum absolute atomic E-state index is 0.781. The molecule has 0 saturated heterocycles. The first-order valence-electron chi connectivity index (χ1n) is 3.04. The van der Waals surface area contributed by atoms with Gasteiger partial charge in [-0.05, 0) is 24.4 Å². The van der Waals surface area contributed by atoms with Gasteiger partial charge in [-0.3, -0.25) is 4.79 Å². The lowest BCUT2D eigenvalue weighted by molar-refractivity contribution is 0.112. The fourth-order valence-corrected chi connectivity index (χ4v) is 1.54. The van der Waals surface area contributed by atoms with Gasteiger partial charge in [0, 0.05) is 10.4 Å². The molecule has 1 nitrogen and oxygen atoms in total. The summed E-state index contributed by atoms with van der Waals surface area (Å²) in [6, 6.07) is 1.83. The van der Waals surface area contributed by atoms with Crippen molar-refractivity contribution >= 4 is 23.7 Å². The molecule has 0 aliphatic heterocycles. The molecule has 0 aliphatic rings. The summed E-state index contributed by atoms with van der Waals surface area (Å²) in [5.41, 5.74) is 0.781. The topological polar surface area (TPSA) is 17.1 Å². The van der Waals surface area contributed by atoms with E-state index in [1.165, 1.54) is 0 Å². The Morgan fingerprint density at radius 2 is 2.40 bits per heavy atom. The average Bonchev–Trinajstić information content (AvgIpc) is 2.36. The number of carbonyl (C=O) groups excluding carboxylic acids is 1. The molecule has 0 radical (unpaired) electrons. The van der Waals surface area contributed by atoms with Crippen LogP contribution in [0.4, 0.5) is 0 Å². The zero-order valence-electron chi connectivity index (χ0n) is 5.70. The summed E-state index contributed by atoms with van der Waals surface area (Å²) in [5.74, 6) is 0. The van der Waals surface area contributed by atoms with E-state index in [1.807, 2.05) is 30.5 Å². The lowest BCUT2D eigenvalue weighted by atomic mass is 10.3. The summed E-state index contributed by atoms with van der Waals surface area (Å²) >= 11 is 1.58. The Morgan fingerprint density at radius 1 is 1.60 bits per heavy atom. The SMILES string of the molecule is CC=Cc1sccc1C=O. The molecule has 0 unspecified atom stereocenters. The van der Waals surface area contributed by atoms with Crippen molar-refractivity contribution in [1.29, 1.82) is 0 Å². The van der Waals surface area contributed by atoms with Crippen molar-refractivity contribution in [1.82, 2.24) is 0 Å². The predicted octanol–water partition coefficient (Wildman–Crippen LogP) is 2.59. The minimum atomic E-state index is 0.781. The first-order valence-corrected chi connectivity index (χ1v) is 3.92. The second kappa shape index (κ2) is 3.32. The van der Waals surface area contributed by atoms with E-state index in [2.05, 4.69) is 0 Å². The maximum atomic E-state index is 10.3. The molecule has 52 valence electrons. The number of rotatable bonds is 2. The highest BCUT2D eigenvalue weighted by atomic mass is 32.1. The van der Waals surface area contributed by atoms with Gasteiger partial charge in [-0.15, -0.1) is 11.3 Å². The average molecular weight is 152 g/mol. The molecular weight excluding hydrogens is 144 g/mol. The fourth-order valence-electron chi connectivity index (χ4n) is 0.715. The number of hydrogen-bond acceptors (Lipinski definition) is 2. The lowest BCUT2D eigenvalue weighted by Crippen LogP contribution is -1.74. The van der Waals surface area contributed by atoms with Crippen LogP contribution in [0, 0.1) is 0 Å². The van der Waals surface area contributed by atoms with E-state index < -0.39 is 0 Å². The molecule has 10 heavy (non-hydrogen) atoms. The van der Waals surface area contributed by atoms with Crippen molar-refractivity contribution in [3.8, 4) is 0 Å². The summed E-state index contributed by atoms with van der Waals surface area (Å²) in [4.78, 5) is 11.4. The van der Waals surface area contributed by atoms with E-state index in [0.29, 0.717) is 0 Å². The monoisotopic (exact) mass is 152 g/mol. The predicted molar refractivity (Wildman–Crippen MR) is 44.4 cm³/mol. The van der Waals surface area contributed by atoms with E-state index in [-0.39, 0.29) is 0 Å². The van der Waals surface area contributed by atoms with Gasteiger partial charge in [0.25, 0.3) is 0 Å². The summed E-state index contributed by atoms with van der Waals surface area (Å²) in [6.45, 7) is 1.94. The Balaban J connectivity index is 3.00. The third kappa shape index (κ3) is 1.33. The van der Waals surface area contributed by atoms with Gasteiger partial charge in [0.15, 0.2) is 6.29 Å². The largest absolute Gasteiger partial charge is 0.298 e. The van der Waals surface area contributed by atoms with Gasteiger partial charge >= 0.3 is 0 Å². The molecule has 0 spiro atoms. The van der Waals surface area contributed by atoms with Crippen molar-refractivity contribution in [2.75, 3.05) is 0 Å². The molecule has 1 aromatic heterocycles. The Kier molecular flexibility index (Phi) is 2.40. The van der Waals surface area contributed by atoms with Crippen LogP contribution in [-0.2, 0) is 0 Å². The van der Waals surface area contributed by atoms with Crippen LogP contribution in [0.5, 0.6) is 0 Å². The van der Waals surface area contributed by atoms with Crippen molar-refractivity contribution in [2.45, 2.75) is 6.92 Å². The van der Waals surface area contributed by atoms with E-state index in [4.69, 9.17) is 0 Å². The van der Waals surface area contributed by atoms with Gasteiger partial charge in [0.1, 0.15) is 0 Å². The maximum Gasteiger partial charge on any atom is 0.151 e. The molecule has 1 aromatic rings. The zero-order valence-corrected chi connectivity index (χ0v) is 6.52. The summed E-state index contributed by atoms with van der Waals surface area (Å²) < 4.78 is 0. The fraction of sp³-hybridized carbons (Fsp3) is 0.125. The van der Waals surface area contributed by atoms with Crippen LogP contribution in [0.25, 0.3) is 6.08 Å². The quantitative estimate of drug-likeness (QED) is 0.595. The minimum Gasteiger partial charge on any atom is -0.298 e. The van der Waals surface area contributed by atoms with Crippen LogP contribution in [0.2, 0.25) is 0 Å². The number of hydrogen-bond donors (Lipinski definition) is 0. The lowest BCUT2D eigenvalue weighted by Gasteiger charge is -1.83. The van der Waals surface area contributed by atoms with E-state index in [0.717, 1.165) is 16.7 Å². The van der Waals surface area contributed by atoms with Crippen LogP contribution in [-0.4, -0.2) is 6.29 Å². The highest BCUT2D eigenvalue weighted by Gasteiger charge is 1.96. The number of thiophene rings is 1. The highest BCUT2D eigenvalue weighted by molar-refractivity contribution is 7.11. The molecular formula is C8H8OS. The number of allylic oxidation sites excluding steroid dienone is 1. The number of carbonyl (C=O) groups is 1. The molecule has 1 rings (SSSR count). The third-order valence-corrected chi connectivity index (χ3v) is 2.07. The van der Waals surface area contributed by atoms with Gasteiger partial charge < -0.3 is 0 Å². The van der Waals surface area contributed by atoms with Gasteiger partial charge in [-0.2, -0.15) is 0 Å². The van der Waals surface area contributed by atoms with Crippen LogP contribution < -0.4 is 0 Å². The van der Waals surface area contributed by atoms with Crippen molar-refractivity contribution in [2.24, 2.45) is 0 Å². The van der Waals surface area contributed by atoms with Gasteiger partial charge in [-0.1, -0.05) is 6.08 Å². The molecule has 0 bridgehead atoms. The molecule has 0 fully saturated rings. The molecule has 0 amide bonds. The first-order chi connectivity index (χ1) is 4.88. The van der Waals surface area contributed by atoms with Crippen LogP contribution in [0.1, 0.15) is 22.2 Å². The smallest absolute Gasteiger partial charge is 0.151 e. The number of aldehydes is 1. The first kappa shape index (κ1) is 7.22. The van der Waals surface area contributed by atoms with E-state index in [9.17, 15) is 4.79 Å². The summed E-state index contributed by atoms with van der Waals surface area (Å²) in [6.07, 6.45) is 4.75. The Morgan fingerprint density at radius 3 is 3.00 bits per heavy atom. The highest BCUT2D eigenvalue weighted by Crippen LogP contribution is 2.15.